The number of rotatable bonds is 6. The van der Waals surface area contributed by atoms with E-state index in [4.69, 9.17) is 9.47 Å². The van der Waals surface area contributed by atoms with Gasteiger partial charge in [-0.15, -0.1) is 0 Å². The third-order valence-electron chi connectivity index (χ3n) is 5.50. The van der Waals surface area contributed by atoms with Crippen LogP contribution in [0.3, 0.4) is 0 Å². The molecule has 0 amide bonds. The van der Waals surface area contributed by atoms with E-state index < -0.39 is 21.8 Å². The minimum atomic E-state index is -4.62. The van der Waals surface area contributed by atoms with E-state index in [-0.39, 0.29) is 18.0 Å². The maximum atomic E-state index is 13.1. The number of benzene rings is 3. The Labute approximate surface area is 190 Å². The molecule has 5 nitrogen and oxygen atoms in total. The molecule has 4 rings (SSSR count). The molecule has 0 saturated carbocycles. The van der Waals surface area contributed by atoms with Gasteiger partial charge in [0.05, 0.1) is 17.6 Å². The van der Waals surface area contributed by atoms with Gasteiger partial charge < -0.3 is 9.47 Å². The molecule has 0 spiro atoms. The van der Waals surface area contributed by atoms with Crippen molar-refractivity contribution in [1.29, 1.82) is 0 Å². The van der Waals surface area contributed by atoms with E-state index in [1.54, 1.807) is 6.07 Å². The summed E-state index contributed by atoms with van der Waals surface area (Å²) in [6, 6.07) is 17.0. The Kier molecular flexibility index (Phi) is 6.36. The van der Waals surface area contributed by atoms with E-state index in [1.807, 2.05) is 36.4 Å². The quantitative estimate of drug-likeness (QED) is 0.499. The molecule has 0 bridgehead atoms. The molecule has 0 fully saturated rings. The zero-order valence-corrected chi connectivity index (χ0v) is 18.6. The Morgan fingerprint density at radius 2 is 1.67 bits per heavy atom. The Hall–Kier alpha value is -3.04. The van der Waals surface area contributed by atoms with E-state index in [1.165, 1.54) is 17.5 Å². The highest BCUT2D eigenvalue weighted by Gasteiger charge is 2.34. The zero-order chi connectivity index (χ0) is 23.6. The van der Waals surface area contributed by atoms with Gasteiger partial charge in [-0.3, -0.25) is 0 Å². The summed E-state index contributed by atoms with van der Waals surface area (Å²) in [5, 5.41) is 0. The van der Waals surface area contributed by atoms with Gasteiger partial charge in [0, 0.05) is 13.1 Å². The lowest BCUT2D eigenvalue weighted by atomic mass is 10.0. The normalized spacial score (nSPS) is 14.5. The number of nitrogens with zero attached hydrogens (tertiary/aromatic N) is 1. The van der Waals surface area contributed by atoms with Crippen LogP contribution in [-0.4, -0.2) is 26.4 Å². The minimum Gasteiger partial charge on any atom is -0.493 e. The molecule has 0 aliphatic carbocycles. The third kappa shape index (κ3) is 4.99. The minimum absolute atomic E-state index is 0.0310. The van der Waals surface area contributed by atoms with Gasteiger partial charge >= 0.3 is 6.18 Å². The number of sulfonamides is 1. The number of hydrogen-bond acceptors (Lipinski definition) is 4. The van der Waals surface area contributed by atoms with Crippen LogP contribution in [0.15, 0.2) is 71.6 Å². The van der Waals surface area contributed by atoms with Gasteiger partial charge in [-0.25, -0.2) is 8.42 Å². The van der Waals surface area contributed by atoms with Gasteiger partial charge in [0.2, 0.25) is 10.0 Å². The molecule has 0 aromatic heterocycles. The number of methoxy groups -OCH3 is 1. The first kappa shape index (κ1) is 23.1. The molecular weight excluding hydrogens is 455 g/mol. The maximum absolute atomic E-state index is 13.1. The van der Waals surface area contributed by atoms with Crippen LogP contribution in [0.5, 0.6) is 11.5 Å². The SMILES string of the molecule is COc1cc2c(cc1OCc1ccccc1)CCN(S(=O)(=O)c1cccc(C(F)(F)F)c1)C2. The largest absolute Gasteiger partial charge is 0.493 e. The summed E-state index contributed by atoms with van der Waals surface area (Å²) >= 11 is 0. The summed E-state index contributed by atoms with van der Waals surface area (Å²) in [4.78, 5) is -0.379. The summed E-state index contributed by atoms with van der Waals surface area (Å²) in [6.45, 7) is 0.533. The van der Waals surface area contributed by atoms with Crippen LogP contribution < -0.4 is 9.47 Å². The van der Waals surface area contributed by atoms with E-state index in [0.717, 1.165) is 28.8 Å². The first-order chi connectivity index (χ1) is 15.7. The van der Waals surface area contributed by atoms with Crippen LogP contribution in [0.25, 0.3) is 0 Å². The van der Waals surface area contributed by atoms with Gasteiger partial charge in [0.25, 0.3) is 0 Å². The summed E-state index contributed by atoms with van der Waals surface area (Å²) in [6.07, 6.45) is -4.22. The molecule has 9 heteroatoms. The lowest BCUT2D eigenvalue weighted by molar-refractivity contribution is -0.137. The predicted octanol–water partition coefficient (Wildman–Crippen LogP) is 5.04. The Morgan fingerprint density at radius 1 is 0.939 bits per heavy atom. The van der Waals surface area contributed by atoms with Crippen LogP contribution in [-0.2, 0) is 35.8 Å². The van der Waals surface area contributed by atoms with E-state index in [9.17, 15) is 21.6 Å². The summed E-state index contributed by atoms with van der Waals surface area (Å²) in [5.41, 5.74) is 1.63. The number of hydrogen-bond donors (Lipinski definition) is 0. The first-order valence-electron chi connectivity index (χ1n) is 10.2. The second-order valence-corrected chi connectivity index (χ2v) is 9.60. The van der Waals surface area contributed by atoms with Crippen molar-refractivity contribution in [2.45, 2.75) is 30.6 Å². The molecule has 0 unspecified atom stereocenters. The summed E-state index contributed by atoms with van der Waals surface area (Å²) in [7, 11) is -2.61. The van der Waals surface area contributed by atoms with Crippen molar-refractivity contribution in [2.24, 2.45) is 0 Å². The number of ether oxygens (including phenoxy) is 2. The number of halogens is 3. The fourth-order valence-electron chi connectivity index (χ4n) is 3.73. The Morgan fingerprint density at radius 3 is 2.36 bits per heavy atom. The monoisotopic (exact) mass is 477 g/mol. The lowest BCUT2D eigenvalue weighted by Crippen LogP contribution is -2.36. The molecule has 1 heterocycles. The van der Waals surface area contributed by atoms with E-state index in [0.29, 0.717) is 30.6 Å². The second kappa shape index (κ2) is 9.07. The van der Waals surface area contributed by atoms with Crippen molar-refractivity contribution in [3.05, 3.63) is 89.0 Å². The zero-order valence-electron chi connectivity index (χ0n) is 17.8. The molecule has 1 aliphatic rings. The van der Waals surface area contributed by atoms with Crippen molar-refractivity contribution < 1.29 is 31.1 Å². The smallest absolute Gasteiger partial charge is 0.416 e. The van der Waals surface area contributed by atoms with Crippen molar-refractivity contribution >= 4 is 10.0 Å². The molecule has 0 saturated heterocycles. The second-order valence-electron chi connectivity index (χ2n) is 7.66. The van der Waals surface area contributed by atoms with Crippen LogP contribution in [0.1, 0.15) is 22.3 Å². The lowest BCUT2D eigenvalue weighted by Gasteiger charge is -2.29. The molecule has 33 heavy (non-hydrogen) atoms. The Balaban J connectivity index is 1.57. The van der Waals surface area contributed by atoms with Crippen molar-refractivity contribution in [3.63, 3.8) is 0 Å². The molecule has 0 radical (unpaired) electrons. The maximum Gasteiger partial charge on any atom is 0.416 e. The fourth-order valence-corrected chi connectivity index (χ4v) is 5.20. The Bertz CT molecular complexity index is 1240. The van der Waals surface area contributed by atoms with Gasteiger partial charge in [-0.1, -0.05) is 36.4 Å². The van der Waals surface area contributed by atoms with Crippen LogP contribution in [0, 0.1) is 0 Å². The standard InChI is InChI=1S/C24H22F3NO4S/c1-31-22-13-19-15-28(33(29,30)21-9-5-8-20(14-21)24(25,26)27)11-10-18(19)12-23(22)32-16-17-6-3-2-4-7-17/h2-9,12-14H,10-11,15-16H2,1H3. The van der Waals surface area contributed by atoms with Crippen LogP contribution in [0.2, 0.25) is 0 Å². The topological polar surface area (TPSA) is 55.8 Å². The first-order valence-corrected chi connectivity index (χ1v) is 11.7. The van der Waals surface area contributed by atoms with Crippen LogP contribution >= 0.6 is 0 Å². The highest BCUT2D eigenvalue weighted by atomic mass is 32.2. The molecule has 3 aromatic rings. The number of fused-ring (bicyclic) bond motifs is 1. The van der Waals surface area contributed by atoms with Crippen LogP contribution in [0.4, 0.5) is 13.2 Å². The molecule has 174 valence electrons. The predicted molar refractivity (Wildman–Crippen MR) is 117 cm³/mol. The van der Waals surface area contributed by atoms with Crippen molar-refractivity contribution in [1.82, 2.24) is 4.31 Å². The average Bonchev–Trinajstić information content (AvgIpc) is 2.82. The van der Waals surface area contributed by atoms with Gasteiger partial charge in [0.15, 0.2) is 11.5 Å². The number of alkyl halides is 3. The van der Waals surface area contributed by atoms with Gasteiger partial charge in [0.1, 0.15) is 6.61 Å². The van der Waals surface area contributed by atoms with Gasteiger partial charge in [-0.05, 0) is 53.4 Å². The highest BCUT2D eigenvalue weighted by Crippen LogP contribution is 2.36. The molecular formula is C24H22F3NO4S. The molecule has 1 aliphatic heterocycles. The highest BCUT2D eigenvalue weighted by molar-refractivity contribution is 7.89. The molecule has 0 atom stereocenters. The van der Waals surface area contributed by atoms with E-state index >= 15 is 0 Å². The average molecular weight is 478 g/mol. The summed E-state index contributed by atoms with van der Waals surface area (Å²) in [5.74, 6) is 1.01. The third-order valence-corrected chi connectivity index (χ3v) is 7.34. The fraction of sp³-hybridized carbons (Fsp3) is 0.250. The van der Waals surface area contributed by atoms with Crippen molar-refractivity contribution in [3.8, 4) is 11.5 Å². The van der Waals surface area contributed by atoms with Gasteiger partial charge in [-0.2, -0.15) is 17.5 Å². The summed E-state index contributed by atoms with van der Waals surface area (Å²) < 4.78 is 77.8. The van der Waals surface area contributed by atoms with Crippen molar-refractivity contribution in [2.75, 3.05) is 13.7 Å². The molecule has 0 N–H and O–H groups in total. The van der Waals surface area contributed by atoms with E-state index in [2.05, 4.69) is 0 Å². The molecule has 3 aromatic carbocycles.